The average molecular weight is 568 g/mol. The number of fused-ring (bicyclic) bond motifs is 1. The fourth-order valence-corrected chi connectivity index (χ4v) is 4.79. The molecule has 0 saturated carbocycles. The summed E-state index contributed by atoms with van der Waals surface area (Å²) in [5.74, 6) is 0.447. The lowest BCUT2D eigenvalue weighted by Gasteiger charge is -2.18. The van der Waals surface area contributed by atoms with E-state index in [1.807, 2.05) is 24.3 Å². The van der Waals surface area contributed by atoms with Crippen molar-refractivity contribution < 1.29 is 19.0 Å². The van der Waals surface area contributed by atoms with Crippen LogP contribution >= 0.6 is 0 Å². The van der Waals surface area contributed by atoms with E-state index in [9.17, 15) is 9.59 Å². The number of pyridine rings is 1. The molecule has 0 aliphatic carbocycles. The number of aryl methyl sites for hydroxylation is 1. The van der Waals surface area contributed by atoms with E-state index in [1.54, 1.807) is 4.57 Å². The molecule has 6 heteroatoms. The van der Waals surface area contributed by atoms with Gasteiger partial charge in [-0.3, -0.25) is 9.59 Å². The number of esters is 1. The molecule has 0 radical (unpaired) electrons. The number of unbranched alkanes of at least 4 members (excludes halogenated alkanes) is 8. The van der Waals surface area contributed by atoms with Gasteiger partial charge in [-0.05, 0) is 64.7 Å². The topological polar surface area (TPSA) is 66.8 Å². The number of nitrogens with zero attached hydrogens (tertiary/aromatic N) is 1. The number of hydrogen-bond acceptors (Lipinski definition) is 5. The van der Waals surface area contributed by atoms with E-state index in [1.165, 1.54) is 43.8 Å². The van der Waals surface area contributed by atoms with Crippen molar-refractivity contribution in [3.05, 3.63) is 51.9 Å². The van der Waals surface area contributed by atoms with E-state index in [4.69, 9.17) is 14.2 Å². The zero-order chi connectivity index (χ0) is 30.0. The molecule has 1 heterocycles. The summed E-state index contributed by atoms with van der Waals surface area (Å²) in [6, 6.07) is 5.76. The zero-order valence-electron chi connectivity index (χ0n) is 26.5. The molecular weight excluding hydrogens is 514 g/mol. The monoisotopic (exact) mass is 567 g/mol. The third kappa shape index (κ3) is 12.2. The van der Waals surface area contributed by atoms with Crippen LogP contribution in [-0.4, -0.2) is 23.8 Å². The summed E-state index contributed by atoms with van der Waals surface area (Å²) in [6.07, 6.45) is 17.4. The second kappa shape index (κ2) is 19.2. The molecule has 2 aromatic rings. The Labute approximate surface area is 247 Å². The Hall–Kier alpha value is -3.02. The van der Waals surface area contributed by atoms with Crippen LogP contribution in [0.15, 0.2) is 46.3 Å². The maximum atomic E-state index is 13.7. The van der Waals surface area contributed by atoms with Crippen molar-refractivity contribution in [1.82, 2.24) is 4.57 Å². The maximum Gasteiger partial charge on any atom is 0.308 e. The molecule has 0 N–H and O–H groups in total. The van der Waals surface area contributed by atoms with Crippen LogP contribution < -0.4 is 19.8 Å². The van der Waals surface area contributed by atoms with Crippen molar-refractivity contribution in [3.8, 4) is 17.2 Å². The Kier molecular flexibility index (Phi) is 16.0. The number of carbonyl (C=O) groups excluding carboxylic acids is 1. The fourth-order valence-electron chi connectivity index (χ4n) is 4.79. The lowest BCUT2D eigenvalue weighted by Crippen LogP contribution is -2.25. The van der Waals surface area contributed by atoms with Gasteiger partial charge in [0.15, 0.2) is 5.75 Å². The fraction of sp³-hybridized carbons (Fsp3) is 0.600. The standard InChI is InChI=1S/C35H53NO5/c1-7-9-11-13-14-16-24-39-30-20-21-31-32(26-30)36(23-15-12-10-8-2)35(38)34(41-29(6)37)33(31)40-25-22-28(5)19-17-18-27(3)4/h18,20-22,26H,7-17,19,23-25H2,1-6H3/b28-22+. The minimum atomic E-state index is -0.545. The van der Waals surface area contributed by atoms with Crippen molar-refractivity contribution in [2.45, 2.75) is 125 Å². The van der Waals surface area contributed by atoms with Gasteiger partial charge in [0, 0.05) is 24.9 Å². The lowest BCUT2D eigenvalue weighted by atomic mass is 10.1. The second-order valence-corrected chi connectivity index (χ2v) is 11.2. The van der Waals surface area contributed by atoms with Crippen molar-refractivity contribution in [2.75, 3.05) is 13.2 Å². The normalized spacial score (nSPS) is 11.5. The van der Waals surface area contributed by atoms with E-state index >= 15 is 0 Å². The van der Waals surface area contributed by atoms with Crippen LogP contribution in [0.1, 0.15) is 119 Å². The maximum absolute atomic E-state index is 13.7. The van der Waals surface area contributed by atoms with Crippen molar-refractivity contribution >= 4 is 16.9 Å². The van der Waals surface area contributed by atoms with E-state index in [0.717, 1.165) is 68.0 Å². The Morgan fingerprint density at radius 1 is 0.829 bits per heavy atom. The van der Waals surface area contributed by atoms with Crippen LogP contribution in [0.5, 0.6) is 17.2 Å². The van der Waals surface area contributed by atoms with Gasteiger partial charge < -0.3 is 18.8 Å². The summed E-state index contributed by atoms with van der Waals surface area (Å²) in [7, 11) is 0. The molecule has 41 heavy (non-hydrogen) atoms. The Bertz CT molecular complexity index is 1200. The highest BCUT2D eigenvalue weighted by atomic mass is 16.6. The predicted molar refractivity (Wildman–Crippen MR) is 170 cm³/mol. The van der Waals surface area contributed by atoms with Crippen LogP contribution in [0, 0.1) is 0 Å². The molecule has 0 aliphatic heterocycles. The average Bonchev–Trinajstić information content (AvgIpc) is 2.93. The molecule has 6 nitrogen and oxygen atoms in total. The first-order valence-electron chi connectivity index (χ1n) is 15.7. The largest absolute Gasteiger partial charge is 0.494 e. The summed E-state index contributed by atoms with van der Waals surface area (Å²) in [5.41, 5.74) is 2.89. The quantitative estimate of drug-likeness (QED) is 0.0906. The summed E-state index contributed by atoms with van der Waals surface area (Å²) < 4.78 is 19.5. The van der Waals surface area contributed by atoms with Gasteiger partial charge in [-0.25, -0.2) is 0 Å². The zero-order valence-corrected chi connectivity index (χ0v) is 26.5. The molecule has 0 aliphatic rings. The molecule has 2 rings (SSSR count). The van der Waals surface area contributed by atoms with Crippen molar-refractivity contribution in [3.63, 3.8) is 0 Å². The summed E-state index contributed by atoms with van der Waals surface area (Å²) in [6.45, 7) is 13.4. The molecule has 228 valence electrons. The van der Waals surface area contributed by atoms with Gasteiger partial charge in [-0.15, -0.1) is 0 Å². The Morgan fingerprint density at radius 2 is 1.51 bits per heavy atom. The summed E-state index contributed by atoms with van der Waals surface area (Å²) in [5, 5.41) is 0.735. The highest BCUT2D eigenvalue weighted by Gasteiger charge is 2.21. The van der Waals surface area contributed by atoms with Crippen LogP contribution in [0.3, 0.4) is 0 Å². The number of allylic oxidation sites excluding steroid dienone is 3. The van der Waals surface area contributed by atoms with Crippen molar-refractivity contribution in [1.29, 1.82) is 0 Å². The smallest absolute Gasteiger partial charge is 0.308 e. The van der Waals surface area contributed by atoms with E-state index in [-0.39, 0.29) is 17.9 Å². The van der Waals surface area contributed by atoms with E-state index in [2.05, 4.69) is 40.7 Å². The van der Waals surface area contributed by atoms with Gasteiger partial charge in [0.05, 0.1) is 12.1 Å². The minimum absolute atomic E-state index is 0.0446. The van der Waals surface area contributed by atoms with Crippen LogP contribution in [-0.2, 0) is 11.3 Å². The molecule has 0 atom stereocenters. The molecule has 0 spiro atoms. The lowest BCUT2D eigenvalue weighted by molar-refractivity contribution is -0.132. The van der Waals surface area contributed by atoms with Crippen LogP contribution in [0.2, 0.25) is 0 Å². The molecular formula is C35H53NO5. The molecule has 1 aromatic carbocycles. The number of rotatable bonds is 20. The van der Waals surface area contributed by atoms with Crippen molar-refractivity contribution in [2.24, 2.45) is 0 Å². The molecule has 0 unspecified atom stereocenters. The first-order valence-corrected chi connectivity index (χ1v) is 15.7. The number of benzene rings is 1. The molecule has 0 bridgehead atoms. The molecule has 0 amide bonds. The van der Waals surface area contributed by atoms with Gasteiger partial charge in [0.1, 0.15) is 12.4 Å². The number of carbonyl (C=O) groups is 1. The van der Waals surface area contributed by atoms with Gasteiger partial charge in [-0.2, -0.15) is 0 Å². The van der Waals surface area contributed by atoms with E-state index < -0.39 is 5.97 Å². The molecule has 1 aromatic heterocycles. The highest BCUT2D eigenvalue weighted by Crippen LogP contribution is 2.35. The number of ether oxygens (including phenoxy) is 3. The first-order chi connectivity index (χ1) is 19.8. The number of hydrogen-bond donors (Lipinski definition) is 0. The van der Waals surface area contributed by atoms with Gasteiger partial charge >= 0.3 is 5.97 Å². The van der Waals surface area contributed by atoms with Gasteiger partial charge in [0.25, 0.3) is 5.56 Å². The highest BCUT2D eigenvalue weighted by molar-refractivity contribution is 5.90. The predicted octanol–water partition coefficient (Wildman–Crippen LogP) is 9.32. The molecule has 0 saturated heterocycles. The van der Waals surface area contributed by atoms with Crippen LogP contribution in [0.25, 0.3) is 10.9 Å². The SMILES string of the molecule is CCCCCCCCOc1ccc2c(OC/C=C(\C)CCC=C(C)C)c(OC(C)=O)c(=O)n(CCCCCC)c2c1. The summed E-state index contributed by atoms with van der Waals surface area (Å²) in [4.78, 5) is 25.8. The van der Waals surface area contributed by atoms with Gasteiger partial charge in [0.2, 0.25) is 5.75 Å². The second-order valence-electron chi connectivity index (χ2n) is 11.2. The van der Waals surface area contributed by atoms with Crippen LogP contribution in [0.4, 0.5) is 0 Å². The minimum Gasteiger partial charge on any atom is -0.494 e. The third-order valence-electron chi connectivity index (χ3n) is 7.15. The molecule has 0 fully saturated rings. The first kappa shape index (κ1) is 34.2. The van der Waals surface area contributed by atoms with E-state index in [0.29, 0.717) is 18.9 Å². The number of aromatic nitrogens is 1. The Balaban J connectivity index is 2.39. The van der Waals surface area contributed by atoms with Gasteiger partial charge in [-0.1, -0.05) is 82.4 Å². The summed E-state index contributed by atoms with van der Waals surface area (Å²) >= 11 is 0. The Morgan fingerprint density at radius 3 is 2.20 bits per heavy atom. The third-order valence-corrected chi connectivity index (χ3v) is 7.15.